The maximum Gasteiger partial charge on any atom is 0.335 e. The summed E-state index contributed by atoms with van der Waals surface area (Å²) >= 11 is 0. The van der Waals surface area contributed by atoms with E-state index in [1.54, 1.807) is 12.1 Å². The Balaban J connectivity index is 1.21. The third-order valence-electron chi connectivity index (χ3n) is 9.57. The molecular formula is C38H42N4O4. The summed E-state index contributed by atoms with van der Waals surface area (Å²) in [5.74, 6) is -0.572. The summed E-state index contributed by atoms with van der Waals surface area (Å²) < 4.78 is 0. The van der Waals surface area contributed by atoms with Crippen molar-refractivity contribution in [2.24, 2.45) is 11.8 Å². The highest BCUT2D eigenvalue weighted by atomic mass is 16.4. The van der Waals surface area contributed by atoms with Crippen LogP contribution in [0.15, 0.2) is 78.9 Å². The van der Waals surface area contributed by atoms with Gasteiger partial charge in [-0.2, -0.15) is 0 Å². The van der Waals surface area contributed by atoms with E-state index in [4.69, 9.17) is 10.1 Å². The second-order valence-electron chi connectivity index (χ2n) is 12.7. The van der Waals surface area contributed by atoms with Gasteiger partial charge < -0.3 is 15.7 Å². The number of hydrogen-bond acceptors (Lipinski definition) is 5. The van der Waals surface area contributed by atoms with Crippen molar-refractivity contribution >= 4 is 34.4 Å². The molecule has 2 amide bonds. The highest BCUT2D eigenvalue weighted by Gasteiger charge is 2.28. The normalized spacial score (nSPS) is 16.3. The molecule has 2 heterocycles. The van der Waals surface area contributed by atoms with Crippen LogP contribution < -0.4 is 10.6 Å². The zero-order valence-electron chi connectivity index (χ0n) is 26.2. The average molecular weight is 619 g/mol. The lowest BCUT2D eigenvalue weighted by molar-refractivity contribution is -0.121. The first-order valence-corrected chi connectivity index (χ1v) is 16.6. The van der Waals surface area contributed by atoms with Crippen LogP contribution in [-0.2, 0) is 11.3 Å². The minimum atomic E-state index is -0.998. The van der Waals surface area contributed by atoms with Crippen molar-refractivity contribution in [1.29, 1.82) is 0 Å². The van der Waals surface area contributed by atoms with Gasteiger partial charge in [0.25, 0.3) is 5.91 Å². The largest absolute Gasteiger partial charge is 0.478 e. The molecule has 3 N–H and O–H groups in total. The molecule has 2 fully saturated rings. The minimum Gasteiger partial charge on any atom is -0.478 e. The standard InChI is InChI=1S/C38H42N4O4/c43-36(40-30-17-15-29(16-18-30)38(45)46)28-20-23-42(24-21-28)25-32-34(37(44)39-22-19-26-9-3-1-4-10-26)31-13-7-8-14-33(31)41-35(32)27-11-5-2-6-12-27/h2,5-8,11-18,26,28H,1,3-4,9-10,19-25H2,(H,39,44)(H,40,43)(H,45,46). The molecule has 0 atom stereocenters. The Labute approximate surface area is 270 Å². The molecule has 1 saturated heterocycles. The summed E-state index contributed by atoms with van der Waals surface area (Å²) in [4.78, 5) is 45.7. The lowest BCUT2D eigenvalue weighted by Gasteiger charge is -2.32. The van der Waals surface area contributed by atoms with Gasteiger partial charge in [0.15, 0.2) is 0 Å². The van der Waals surface area contributed by atoms with Crippen LogP contribution in [0, 0.1) is 11.8 Å². The summed E-state index contributed by atoms with van der Waals surface area (Å²) in [5, 5.41) is 16.2. The van der Waals surface area contributed by atoms with Crippen LogP contribution in [0.1, 0.15) is 77.6 Å². The summed E-state index contributed by atoms with van der Waals surface area (Å²) in [6, 6.07) is 24.2. The van der Waals surface area contributed by atoms with Gasteiger partial charge in [0.2, 0.25) is 5.91 Å². The minimum absolute atomic E-state index is 0.0511. The van der Waals surface area contributed by atoms with E-state index in [1.165, 1.54) is 44.2 Å². The number of fused-ring (bicyclic) bond motifs is 1. The molecule has 0 radical (unpaired) electrons. The third kappa shape index (κ3) is 7.45. The molecule has 46 heavy (non-hydrogen) atoms. The molecule has 2 aliphatic rings. The first-order chi connectivity index (χ1) is 22.5. The van der Waals surface area contributed by atoms with Crippen LogP contribution in [-0.4, -0.2) is 52.4 Å². The quantitative estimate of drug-likeness (QED) is 0.174. The number of aromatic nitrogens is 1. The Kier molecular flexibility index (Phi) is 10.0. The molecule has 238 valence electrons. The van der Waals surface area contributed by atoms with Crippen molar-refractivity contribution in [3.05, 3.63) is 95.6 Å². The second-order valence-corrected chi connectivity index (χ2v) is 12.7. The smallest absolute Gasteiger partial charge is 0.335 e. The average Bonchev–Trinajstić information content (AvgIpc) is 3.09. The number of nitrogens with zero attached hydrogens (tertiary/aromatic N) is 2. The first kappa shape index (κ1) is 31.4. The molecule has 0 unspecified atom stereocenters. The zero-order valence-corrected chi connectivity index (χ0v) is 26.2. The summed E-state index contributed by atoms with van der Waals surface area (Å²) in [7, 11) is 0. The molecule has 1 saturated carbocycles. The lowest BCUT2D eigenvalue weighted by Crippen LogP contribution is -2.38. The van der Waals surface area contributed by atoms with Gasteiger partial charge in [-0.05, 0) is 68.6 Å². The Morgan fingerprint density at radius 1 is 0.826 bits per heavy atom. The van der Waals surface area contributed by atoms with E-state index in [2.05, 4.69) is 15.5 Å². The van der Waals surface area contributed by atoms with E-state index >= 15 is 0 Å². The zero-order chi connectivity index (χ0) is 31.9. The first-order valence-electron chi connectivity index (χ1n) is 16.6. The number of carboxylic acid groups (broad SMARTS) is 1. The van der Waals surface area contributed by atoms with Crippen molar-refractivity contribution in [2.75, 3.05) is 25.0 Å². The van der Waals surface area contributed by atoms with Gasteiger partial charge in [-0.25, -0.2) is 9.78 Å². The Hall–Kier alpha value is -4.56. The number of pyridine rings is 1. The summed E-state index contributed by atoms with van der Waals surface area (Å²) in [6.45, 7) is 2.64. The maximum absolute atomic E-state index is 14.1. The number of rotatable bonds is 10. The van der Waals surface area contributed by atoms with E-state index < -0.39 is 5.97 Å². The van der Waals surface area contributed by atoms with Gasteiger partial charge in [-0.3, -0.25) is 14.5 Å². The molecule has 8 nitrogen and oxygen atoms in total. The number of carboxylic acids is 1. The van der Waals surface area contributed by atoms with Gasteiger partial charge in [0.1, 0.15) is 0 Å². The number of hydrogen-bond donors (Lipinski definition) is 3. The number of benzene rings is 3. The molecule has 1 aliphatic carbocycles. The van der Waals surface area contributed by atoms with Crippen molar-refractivity contribution in [3.63, 3.8) is 0 Å². The molecule has 6 rings (SSSR count). The topological polar surface area (TPSA) is 112 Å². The molecule has 1 aliphatic heterocycles. The van der Waals surface area contributed by atoms with Gasteiger partial charge in [-0.1, -0.05) is 80.6 Å². The predicted octanol–water partition coefficient (Wildman–Crippen LogP) is 7.15. The van der Waals surface area contributed by atoms with Crippen molar-refractivity contribution in [2.45, 2.75) is 57.9 Å². The molecule has 1 aromatic heterocycles. The number of aromatic carboxylic acids is 1. The Morgan fingerprint density at radius 2 is 1.52 bits per heavy atom. The number of carbonyl (C=O) groups is 3. The van der Waals surface area contributed by atoms with Gasteiger partial charge in [0, 0.05) is 41.2 Å². The number of carbonyl (C=O) groups excluding carboxylic acids is 2. The fourth-order valence-corrected chi connectivity index (χ4v) is 6.97. The predicted molar refractivity (Wildman–Crippen MR) is 181 cm³/mol. The molecular weight excluding hydrogens is 576 g/mol. The summed E-state index contributed by atoms with van der Waals surface area (Å²) in [5.41, 5.74) is 4.98. The number of nitrogens with one attached hydrogen (secondary N) is 2. The number of para-hydroxylation sites is 1. The van der Waals surface area contributed by atoms with Crippen LogP contribution in [0.5, 0.6) is 0 Å². The molecule has 8 heteroatoms. The summed E-state index contributed by atoms with van der Waals surface area (Å²) in [6.07, 6.45) is 8.78. The maximum atomic E-state index is 14.1. The fraction of sp³-hybridized carbons (Fsp3) is 0.368. The van der Waals surface area contributed by atoms with E-state index in [0.717, 1.165) is 34.1 Å². The number of amides is 2. The van der Waals surface area contributed by atoms with E-state index in [1.807, 2.05) is 54.6 Å². The van der Waals surface area contributed by atoms with Crippen LogP contribution in [0.3, 0.4) is 0 Å². The van der Waals surface area contributed by atoms with Gasteiger partial charge in [0.05, 0.1) is 22.3 Å². The van der Waals surface area contributed by atoms with E-state index in [9.17, 15) is 14.4 Å². The Bertz CT molecular complexity index is 1670. The van der Waals surface area contributed by atoms with Crippen LogP contribution in [0.25, 0.3) is 22.2 Å². The van der Waals surface area contributed by atoms with Crippen molar-refractivity contribution < 1.29 is 19.5 Å². The van der Waals surface area contributed by atoms with E-state index in [-0.39, 0.29) is 23.3 Å². The highest BCUT2D eigenvalue weighted by molar-refractivity contribution is 6.09. The van der Waals surface area contributed by atoms with Gasteiger partial charge >= 0.3 is 5.97 Å². The fourth-order valence-electron chi connectivity index (χ4n) is 6.97. The highest BCUT2D eigenvalue weighted by Crippen LogP contribution is 2.33. The van der Waals surface area contributed by atoms with Crippen LogP contribution in [0.4, 0.5) is 5.69 Å². The van der Waals surface area contributed by atoms with Crippen LogP contribution >= 0.6 is 0 Å². The number of anilines is 1. The van der Waals surface area contributed by atoms with Crippen LogP contribution in [0.2, 0.25) is 0 Å². The molecule has 0 spiro atoms. The molecule has 4 aromatic rings. The second kappa shape index (κ2) is 14.7. The number of likely N-dealkylation sites (tertiary alicyclic amines) is 1. The lowest BCUT2D eigenvalue weighted by atomic mass is 9.87. The number of piperidine rings is 1. The molecule has 0 bridgehead atoms. The Morgan fingerprint density at radius 3 is 2.24 bits per heavy atom. The SMILES string of the molecule is O=C(O)c1ccc(NC(=O)C2CCN(Cc3c(-c4ccccc4)nc4ccccc4c3C(=O)NCCC3CCCCC3)CC2)cc1. The van der Waals surface area contributed by atoms with E-state index in [0.29, 0.717) is 56.2 Å². The van der Waals surface area contributed by atoms with Gasteiger partial charge in [-0.15, -0.1) is 0 Å². The monoisotopic (exact) mass is 618 g/mol. The van der Waals surface area contributed by atoms with Crippen molar-refractivity contribution in [3.8, 4) is 11.3 Å². The molecule has 3 aromatic carbocycles. The third-order valence-corrected chi connectivity index (χ3v) is 9.57. The van der Waals surface area contributed by atoms with Crippen molar-refractivity contribution in [1.82, 2.24) is 15.2 Å².